The number of ether oxygens (including phenoxy) is 4. The molecule has 0 aliphatic carbocycles. The Labute approximate surface area is 391 Å². The Kier molecular flexibility index (Phi) is 15.1. The van der Waals surface area contributed by atoms with Crippen molar-refractivity contribution in [3.05, 3.63) is 117 Å². The van der Waals surface area contributed by atoms with Gasteiger partial charge in [0.2, 0.25) is 0 Å². The maximum atomic E-state index is 13.4. The molecule has 5 aromatic carbocycles. The van der Waals surface area contributed by atoms with Crippen molar-refractivity contribution in [2.45, 2.75) is 91.7 Å². The molecule has 0 unspecified atom stereocenters. The first-order valence-electron chi connectivity index (χ1n) is 21.9. The van der Waals surface area contributed by atoms with Crippen LogP contribution in [-0.2, 0) is 18.9 Å². The third kappa shape index (κ3) is 10.1. The molecule has 0 aliphatic heterocycles. The second-order valence-electron chi connectivity index (χ2n) is 19.2. The van der Waals surface area contributed by atoms with Crippen molar-refractivity contribution in [1.29, 1.82) is 0 Å². The number of carbonyl (C=O) groups excluding carboxylic acids is 4. The summed E-state index contributed by atoms with van der Waals surface area (Å²) in [4.78, 5) is 53.5. The summed E-state index contributed by atoms with van der Waals surface area (Å²) in [7, 11) is -0.125. The maximum absolute atomic E-state index is 13.4. The number of carbonyl (C=O) groups is 4. The van der Waals surface area contributed by atoms with Crippen molar-refractivity contribution in [3.63, 3.8) is 0 Å². The van der Waals surface area contributed by atoms with Gasteiger partial charge in [0, 0.05) is 22.3 Å². The Bertz CT molecular complexity index is 2600. The quantitative estimate of drug-likeness (QED) is 0.0393. The Balaban J connectivity index is 1.66. The van der Waals surface area contributed by atoms with Crippen LogP contribution in [0.15, 0.2) is 72.8 Å². The van der Waals surface area contributed by atoms with Gasteiger partial charge in [-0.05, 0) is 118 Å². The average Bonchev–Trinajstić information content (AvgIpc) is 3.28. The van der Waals surface area contributed by atoms with Gasteiger partial charge in [0.15, 0.2) is 0 Å². The van der Waals surface area contributed by atoms with Crippen molar-refractivity contribution in [2.24, 2.45) is 11.8 Å². The molecular weight excluding hydrogens is 865 g/mol. The molecule has 0 aliphatic rings. The lowest BCUT2D eigenvalue weighted by Crippen LogP contribution is -2.48. The number of benzene rings is 5. The highest BCUT2D eigenvalue weighted by Gasteiger charge is 2.47. The second kappa shape index (κ2) is 19.6. The van der Waals surface area contributed by atoms with Crippen LogP contribution in [0.1, 0.15) is 119 Å². The van der Waals surface area contributed by atoms with Gasteiger partial charge in [0.25, 0.3) is 16.6 Å². The lowest BCUT2D eigenvalue weighted by atomic mass is 9.96. The molecule has 0 spiro atoms. The molecule has 5 rings (SSSR count). The molecule has 0 fully saturated rings. The monoisotopic (exact) mass is 926 g/mol. The molecule has 0 heterocycles. The second-order valence-corrected chi connectivity index (χ2v) is 28.2. The lowest BCUT2D eigenvalue weighted by Gasteiger charge is -2.43. The van der Waals surface area contributed by atoms with Crippen molar-refractivity contribution >= 4 is 62.1 Å². The molecular formula is C54H62O10Si2. The molecule has 0 saturated carbocycles. The fourth-order valence-corrected chi connectivity index (χ4v) is 12.1. The number of fused-ring (bicyclic) bond motifs is 2. The van der Waals surface area contributed by atoms with E-state index in [9.17, 15) is 19.2 Å². The molecule has 0 N–H and O–H groups in total. The summed E-state index contributed by atoms with van der Waals surface area (Å²) in [5.74, 6) is 11.0. The summed E-state index contributed by atoms with van der Waals surface area (Å²) in [6.45, 7) is 25.3. The number of methoxy groups -OCH3 is 4. The number of hydrogen-bond donors (Lipinski definition) is 0. The van der Waals surface area contributed by atoms with Crippen LogP contribution in [0.4, 0.5) is 0 Å². The SMILES string of the molecule is COC(=O)c1cc(C#Cc2cccc3cc4cccc(C#Cc5cc(C(=O)OC)c(O[Si](C)(C)C(C)(C)C(C)C)c(C(=O)OC)c5)c4cc23)cc(C(=O)OC)c1O[Si](C)(C)C(C)(C)C(C)C. The molecule has 0 radical (unpaired) electrons. The predicted octanol–water partition coefficient (Wildman–Crippen LogP) is 12.0. The van der Waals surface area contributed by atoms with Crippen LogP contribution in [-0.4, -0.2) is 69.0 Å². The molecule has 0 atom stereocenters. The molecule has 346 valence electrons. The minimum Gasteiger partial charge on any atom is -0.542 e. The molecule has 0 amide bonds. The fourth-order valence-electron chi connectivity index (χ4n) is 7.38. The van der Waals surface area contributed by atoms with E-state index < -0.39 is 40.5 Å². The maximum Gasteiger partial charge on any atom is 0.341 e. The van der Waals surface area contributed by atoms with Crippen LogP contribution in [0.3, 0.4) is 0 Å². The lowest BCUT2D eigenvalue weighted by molar-refractivity contribution is 0.0576. The summed E-state index contributed by atoms with van der Waals surface area (Å²) in [6.07, 6.45) is 0. The Morgan fingerprint density at radius 3 is 1.05 bits per heavy atom. The molecule has 0 aromatic heterocycles. The third-order valence-electron chi connectivity index (χ3n) is 14.1. The molecule has 10 nitrogen and oxygen atoms in total. The van der Waals surface area contributed by atoms with Crippen LogP contribution in [0.2, 0.25) is 36.3 Å². The van der Waals surface area contributed by atoms with E-state index in [1.807, 2.05) is 42.5 Å². The minimum atomic E-state index is -2.63. The van der Waals surface area contributed by atoms with Crippen LogP contribution < -0.4 is 8.85 Å². The largest absolute Gasteiger partial charge is 0.542 e. The van der Waals surface area contributed by atoms with Crippen LogP contribution in [0, 0.1) is 35.5 Å². The van der Waals surface area contributed by atoms with Crippen molar-refractivity contribution in [3.8, 4) is 35.2 Å². The van der Waals surface area contributed by atoms with Gasteiger partial charge in [-0.3, -0.25) is 0 Å². The van der Waals surface area contributed by atoms with E-state index in [1.165, 1.54) is 28.4 Å². The average molecular weight is 927 g/mol. The predicted molar refractivity (Wildman–Crippen MR) is 266 cm³/mol. The van der Waals surface area contributed by atoms with Gasteiger partial charge in [0.05, 0.1) is 28.4 Å². The summed E-state index contributed by atoms with van der Waals surface area (Å²) in [6, 6.07) is 22.1. The number of hydrogen-bond acceptors (Lipinski definition) is 10. The van der Waals surface area contributed by atoms with E-state index in [2.05, 4.69) is 111 Å². The Morgan fingerprint density at radius 2 is 0.773 bits per heavy atom. The van der Waals surface area contributed by atoms with Gasteiger partial charge in [-0.2, -0.15) is 0 Å². The first kappa shape index (κ1) is 50.7. The van der Waals surface area contributed by atoms with Gasteiger partial charge < -0.3 is 27.8 Å². The zero-order chi connectivity index (χ0) is 49.1. The fraction of sp³-hybridized carbons (Fsp3) is 0.370. The van der Waals surface area contributed by atoms with E-state index in [1.54, 1.807) is 24.3 Å². The smallest absolute Gasteiger partial charge is 0.341 e. The van der Waals surface area contributed by atoms with Crippen LogP contribution in [0.25, 0.3) is 21.5 Å². The third-order valence-corrected chi connectivity index (χ3v) is 22.9. The van der Waals surface area contributed by atoms with E-state index >= 15 is 0 Å². The highest BCUT2D eigenvalue weighted by molar-refractivity contribution is 6.75. The van der Waals surface area contributed by atoms with Gasteiger partial charge in [-0.25, -0.2) is 19.2 Å². The topological polar surface area (TPSA) is 124 Å². The highest BCUT2D eigenvalue weighted by atomic mass is 28.4. The molecule has 5 aromatic rings. The molecule has 12 heteroatoms. The zero-order valence-electron chi connectivity index (χ0n) is 41.2. The summed E-state index contributed by atoms with van der Waals surface area (Å²) in [5, 5.41) is 3.08. The van der Waals surface area contributed by atoms with Crippen LogP contribution in [0.5, 0.6) is 11.5 Å². The standard InChI is InChI=1S/C54H62O10Si2/c1-33(2)53(5,6)65(13,14)63-47-43(49(55)59-9)27-35(28-44(47)50(56)60-10)23-25-37-19-17-21-39-31-40-22-18-20-38(42(40)32-41(37)39)26-24-36-29-45(51(57)61-11)48(46(30-36)52(58)62-12)64-66(15,16)54(7,8)34(3)4/h17-22,27-34H,1-16H3. The van der Waals surface area contributed by atoms with Gasteiger partial charge in [0.1, 0.15) is 33.8 Å². The van der Waals surface area contributed by atoms with Crippen LogP contribution >= 0.6 is 0 Å². The first-order valence-corrected chi connectivity index (χ1v) is 27.7. The Hall–Kier alpha value is -6.35. The molecule has 0 bridgehead atoms. The summed E-state index contributed by atoms with van der Waals surface area (Å²) >= 11 is 0. The van der Waals surface area contributed by atoms with E-state index in [-0.39, 0.29) is 55.7 Å². The van der Waals surface area contributed by atoms with Gasteiger partial charge in [-0.15, -0.1) is 0 Å². The van der Waals surface area contributed by atoms with Crippen molar-refractivity contribution < 1.29 is 47.0 Å². The van der Waals surface area contributed by atoms with E-state index in [4.69, 9.17) is 27.8 Å². The minimum absolute atomic E-state index is 0.0808. The zero-order valence-corrected chi connectivity index (χ0v) is 43.2. The van der Waals surface area contributed by atoms with Gasteiger partial charge >= 0.3 is 23.9 Å². The van der Waals surface area contributed by atoms with E-state index in [0.29, 0.717) is 22.3 Å². The number of esters is 4. The van der Waals surface area contributed by atoms with Crippen molar-refractivity contribution in [1.82, 2.24) is 0 Å². The molecule has 0 saturated heterocycles. The normalized spacial score (nSPS) is 11.9. The van der Waals surface area contributed by atoms with Crippen molar-refractivity contribution in [2.75, 3.05) is 28.4 Å². The molecule has 66 heavy (non-hydrogen) atoms. The summed E-state index contributed by atoms with van der Waals surface area (Å²) in [5.41, 5.74) is 2.48. The first-order chi connectivity index (χ1) is 30.8. The van der Waals surface area contributed by atoms with Gasteiger partial charge in [-0.1, -0.05) is 103 Å². The number of rotatable bonds is 12. The summed E-state index contributed by atoms with van der Waals surface area (Å²) < 4.78 is 34.2. The van der Waals surface area contributed by atoms with E-state index in [0.717, 1.165) is 21.5 Å². The Morgan fingerprint density at radius 1 is 0.470 bits per heavy atom. The highest BCUT2D eigenvalue weighted by Crippen LogP contribution is 2.47.